The second kappa shape index (κ2) is 6.89. The molecule has 0 aliphatic heterocycles. The maximum atomic E-state index is 11.6. The lowest BCUT2D eigenvalue weighted by Gasteiger charge is -2.29. The summed E-state index contributed by atoms with van der Waals surface area (Å²) in [6, 6.07) is 0. The van der Waals surface area contributed by atoms with Gasteiger partial charge >= 0.3 is 5.97 Å². The highest BCUT2D eigenvalue weighted by Gasteiger charge is 2.20. The monoisotopic (exact) mass is 230 g/mol. The Balaban J connectivity index is 3.86. The fourth-order valence-electron chi connectivity index (χ4n) is 1.51. The van der Waals surface area contributed by atoms with Crippen molar-refractivity contribution in [1.82, 2.24) is 0 Å². The van der Waals surface area contributed by atoms with Gasteiger partial charge in [0.1, 0.15) is 13.2 Å². The van der Waals surface area contributed by atoms with Crippen molar-refractivity contribution in [1.29, 1.82) is 0 Å². The second-order valence-electron chi connectivity index (χ2n) is 5.58. The van der Waals surface area contributed by atoms with E-state index in [0.29, 0.717) is 12.5 Å². The van der Waals surface area contributed by atoms with Crippen LogP contribution in [0.4, 0.5) is 0 Å². The number of likely N-dealkylation sites (N-methyl/N-ethyl adjacent to an activating group) is 1. The van der Waals surface area contributed by atoms with Gasteiger partial charge < -0.3 is 9.22 Å². The van der Waals surface area contributed by atoms with Crippen molar-refractivity contribution in [2.45, 2.75) is 34.1 Å². The summed E-state index contributed by atoms with van der Waals surface area (Å²) < 4.78 is 6.21. The van der Waals surface area contributed by atoms with E-state index in [9.17, 15) is 4.79 Å². The third-order valence-corrected chi connectivity index (χ3v) is 3.14. The van der Waals surface area contributed by atoms with Gasteiger partial charge in [0.2, 0.25) is 0 Å². The molecule has 0 aromatic rings. The standard InChI is InChI=1S/C13H28NO2/c1-7-8-14(5,6)9-10-16-13(15)12(4)11(2)3/h11-12H,7-10H2,1-6H3/q+1. The van der Waals surface area contributed by atoms with Crippen molar-refractivity contribution >= 4 is 5.97 Å². The minimum Gasteiger partial charge on any atom is -0.459 e. The van der Waals surface area contributed by atoms with E-state index in [0.717, 1.165) is 24.0 Å². The van der Waals surface area contributed by atoms with Gasteiger partial charge in [-0.1, -0.05) is 27.7 Å². The van der Waals surface area contributed by atoms with E-state index in [1.165, 1.54) is 0 Å². The van der Waals surface area contributed by atoms with E-state index in [4.69, 9.17) is 4.74 Å². The Morgan fingerprint density at radius 1 is 1.19 bits per heavy atom. The summed E-state index contributed by atoms with van der Waals surface area (Å²) in [5, 5.41) is 0. The molecular weight excluding hydrogens is 202 g/mol. The third kappa shape index (κ3) is 6.11. The molecule has 0 saturated heterocycles. The summed E-state index contributed by atoms with van der Waals surface area (Å²) in [4.78, 5) is 11.6. The van der Waals surface area contributed by atoms with Crippen LogP contribution >= 0.6 is 0 Å². The first kappa shape index (κ1) is 15.4. The SMILES string of the molecule is CCC[N+](C)(C)CCOC(=O)C(C)C(C)C. The van der Waals surface area contributed by atoms with E-state index in [1.54, 1.807) is 0 Å². The van der Waals surface area contributed by atoms with E-state index in [1.807, 2.05) is 20.8 Å². The van der Waals surface area contributed by atoms with E-state index >= 15 is 0 Å². The van der Waals surface area contributed by atoms with Crippen LogP contribution in [0, 0.1) is 11.8 Å². The number of nitrogens with zero attached hydrogens (tertiary/aromatic N) is 1. The van der Waals surface area contributed by atoms with Gasteiger partial charge in [-0.2, -0.15) is 0 Å². The number of rotatable bonds is 7. The van der Waals surface area contributed by atoms with E-state index < -0.39 is 0 Å². The fraction of sp³-hybridized carbons (Fsp3) is 0.923. The van der Waals surface area contributed by atoms with Gasteiger partial charge in [0.05, 0.1) is 26.6 Å². The van der Waals surface area contributed by atoms with E-state index in [2.05, 4.69) is 21.0 Å². The van der Waals surface area contributed by atoms with Crippen LogP contribution < -0.4 is 0 Å². The molecule has 0 fully saturated rings. The average molecular weight is 230 g/mol. The van der Waals surface area contributed by atoms with Gasteiger partial charge in [0.25, 0.3) is 0 Å². The number of esters is 1. The summed E-state index contributed by atoms with van der Waals surface area (Å²) in [5.74, 6) is 0.291. The highest BCUT2D eigenvalue weighted by molar-refractivity contribution is 5.72. The summed E-state index contributed by atoms with van der Waals surface area (Å²) in [6.45, 7) is 10.7. The molecule has 0 N–H and O–H groups in total. The molecule has 16 heavy (non-hydrogen) atoms. The number of ether oxygens (including phenoxy) is 1. The second-order valence-corrected chi connectivity index (χ2v) is 5.58. The Hall–Kier alpha value is -0.570. The highest BCUT2D eigenvalue weighted by Crippen LogP contribution is 2.11. The maximum Gasteiger partial charge on any atom is 0.309 e. The van der Waals surface area contributed by atoms with Crippen molar-refractivity contribution in [3.8, 4) is 0 Å². The van der Waals surface area contributed by atoms with Crippen molar-refractivity contribution in [2.75, 3.05) is 33.8 Å². The molecule has 1 unspecified atom stereocenters. The Morgan fingerprint density at radius 2 is 1.75 bits per heavy atom. The van der Waals surface area contributed by atoms with Crippen LogP contribution in [0.1, 0.15) is 34.1 Å². The lowest BCUT2D eigenvalue weighted by molar-refractivity contribution is -0.890. The highest BCUT2D eigenvalue weighted by atomic mass is 16.5. The van der Waals surface area contributed by atoms with Crippen LogP contribution in [-0.4, -0.2) is 44.2 Å². The predicted molar refractivity (Wildman–Crippen MR) is 67.1 cm³/mol. The Morgan fingerprint density at radius 3 is 2.19 bits per heavy atom. The molecule has 3 heteroatoms. The fourth-order valence-corrected chi connectivity index (χ4v) is 1.51. The third-order valence-electron chi connectivity index (χ3n) is 3.14. The normalized spacial score (nSPS) is 13.9. The molecule has 96 valence electrons. The van der Waals surface area contributed by atoms with Crippen LogP contribution in [0.15, 0.2) is 0 Å². The molecule has 0 amide bonds. The number of quaternary nitrogens is 1. The number of carbonyl (C=O) groups excluding carboxylic acids is 1. The van der Waals surface area contributed by atoms with Gasteiger partial charge in [-0.3, -0.25) is 4.79 Å². The van der Waals surface area contributed by atoms with Crippen molar-refractivity contribution < 1.29 is 14.0 Å². The Labute approximate surface area is 100 Å². The van der Waals surface area contributed by atoms with Crippen molar-refractivity contribution in [2.24, 2.45) is 11.8 Å². The van der Waals surface area contributed by atoms with Gasteiger partial charge in [-0.25, -0.2) is 0 Å². The molecule has 0 rings (SSSR count). The van der Waals surface area contributed by atoms with Crippen LogP contribution in [-0.2, 0) is 9.53 Å². The zero-order valence-electron chi connectivity index (χ0n) is 11.7. The molecule has 0 heterocycles. The first-order chi connectivity index (χ1) is 7.30. The Bertz CT molecular complexity index is 212. The molecule has 0 saturated carbocycles. The largest absolute Gasteiger partial charge is 0.459 e. The summed E-state index contributed by atoms with van der Waals surface area (Å²) >= 11 is 0. The molecule has 0 aliphatic carbocycles. The van der Waals surface area contributed by atoms with Crippen LogP contribution in [0.5, 0.6) is 0 Å². The first-order valence-electron chi connectivity index (χ1n) is 6.28. The molecule has 1 atom stereocenters. The quantitative estimate of drug-likeness (QED) is 0.495. The number of hydrogen-bond acceptors (Lipinski definition) is 2. The Kier molecular flexibility index (Phi) is 6.65. The zero-order valence-corrected chi connectivity index (χ0v) is 11.7. The van der Waals surface area contributed by atoms with Gasteiger partial charge in [-0.05, 0) is 12.3 Å². The maximum absolute atomic E-state index is 11.6. The number of carbonyl (C=O) groups is 1. The van der Waals surface area contributed by atoms with Crippen LogP contribution in [0.2, 0.25) is 0 Å². The molecule has 0 bridgehead atoms. The lowest BCUT2D eigenvalue weighted by atomic mass is 9.99. The summed E-state index contributed by atoms with van der Waals surface area (Å²) in [6.07, 6.45) is 1.16. The van der Waals surface area contributed by atoms with E-state index in [-0.39, 0.29) is 11.9 Å². The zero-order chi connectivity index (χ0) is 12.8. The van der Waals surface area contributed by atoms with Crippen LogP contribution in [0.25, 0.3) is 0 Å². The smallest absolute Gasteiger partial charge is 0.309 e. The van der Waals surface area contributed by atoms with Gasteiger partial charge in [-0.15, -0.1) is 0 Å². The van der Waals surface area contributed by atoms with Crippen molar-refractivity contribution in [3.63, 3.8) is 0 Å². The minimum absolute atomic E-state index is 0.00165. The molecule has 0 aromatic heterocycles. The first-order valence-corrected chi connectivity index (χ1v) is 6.28. The molecule has 0 aromatic carbocycles. The molecule has 3 nitrogen and oxygen atoms in total. The molecule has 0 spiro atoms. The minimum atomic E-state index is -0.0634. The summed E-state index contributed by atoms with van der Waals surface area (Å²) in [5.41, 5.74) is 0. The summed E-state index contributed by atoms with van der Waals surface area (Å²) in [7, 11) is 4.34. The van der Waals surface area contributed by atoms with Gasteiger partial charge in [0.15, 0.2) is 0 Å². The molecule has 0 aliphatic rings. The predicted octanol–water partition coefficient (Wildman–Crippen LogP) is 2.31. The lowest BCUT2D eigenvalue weighted by Crippen LogP contribution is -2.43. The molecule has 0 radical (unpaired) electrons. The topological polar surface area (TPSA) is 26.3 Å². The van der Waals surface area contributed by atoms with Gasteiger partial charge in [0, 0.05) is 0 Å². The molecular formula is C13H28NO2+. The van der Waals surface area contributed by atoms with Crippen LogP contribution in [0.3, 0.4) is 0 Å². The van der Waals surface area contributed by atoms with Crippen molar-refractivity contribution in [3.05, 3.63) is 0 Å². The average Bonchev–Trinajstić information content (AvgIpc) is 2.15. The number of hydrogen-bond donors (Lipinski definition) is 0.